The van der Waals surface area contributed by atoms with Crippen molar-refractivity contribution >= 4 is 0 Å². The third kappa shape index (κ3) is 3.28. The van der Waals surface area contributed by atoms with Crippen LogP contribution in [0.25, 0.3) is 0 Å². The summed E-state index contributed by atoms with van der Waals surface area (Å²) in [5.41, 5.74) is 6.51. The minimum absolute atomic E-state index is 0.0176. The standard InChI is InChI=1S/C11H24N2/c1-10(2,3)13-8-6-5-7-11(4,12)9-13/h5-9,12H2,1-4H3. The van der Waals surface area contributed by atoms with Crippen LogP contribution in [-0.2, 0) is 0 Å². The van der Waals surface area contributed by atoms with E-state index >= 15 is 0 Å². The molecule has 0 bridgehead atoms. The average molecular weight is 184 g/mol. The Morgan fingerprint density at radius 2 is 1.85 bits per heavy atom. The fourth-order valence-corrected chi connectivity index (χ4v) is 2.00. The Balaban J connectivity index is 2.65. The van der Waals surface area contributed by atoms with Gasteiger partial charge in [-0.1, -0.05) is 6.42 Å². The van der Waals surface area contributed by atoms with Crippen LogP contribution in [0, 0.1) is 0 Å². The van der Waals surface area contributed by atoms with E-state index in [1.807, 2.05) is 0 Å². The van der Waals surface area contributed by atoms with E-state index in [-0.39, 0.29) is 11.1 Å². The summed E-state index contributed by atoms with van der Waals surface area (Å²) in [6.07, 6.45) is 3.74. The molecule has 0 saturated carbocycles. The highest BCUT2D eigenvalue weighted by Gasteiger charge is 2.30. The summed E-state index contributed by atoms with van der Waals surface area (Å²) >= 11 is 0. The monoisotopic (exact) mass is 184 g/mol. The Hall–Kier alpha value is -0.0800. The second kappa shape index (κ2) is 3.58. The maximum absolute atomic E-state index is 6.22. The number of likely N-dealkylation sites (tertiary alicyclic amines) is 1. The van der Waals surface area contributed by atoms with Crippen LogP contribution < -0.4 is 5.73 Å². The molecule has 1 aliphatic heterocycles. The number of nitrogens with zero attached hydrogens (tertiary/aromatic N) is 1. The molecule has 0 amide bonds. The molecule has 1 saturated heterocycles. The van der Waals surface area contributed by atoms with Crippen molar-refractivity contribution in [1.29, 1.82) is 0 Å². The highest BCUT2D eigenvalue weighted by molar-refractivity contribution is 4.90. The van der Waals surface area contributed by atoms with Crippen LogP contribution in [0.15, 0.2) is 0 Å². The molecule has 1 fully saturated rings. The lowest BCUT2D eigenvalue weighted by Gasteiger charge is -2.38. The van der Waals surface area contributed by atoms with E-state index in [1.54, 1.807) is 0 Å². The smallest absolute Gasteiger partial charge is 0.0254 e. The molecule has 1 aliphatic rings. The predicted molar refractivity (Wildman–Crippen MR) is 57.8 cm³/mol. The zero-order valence-electron chi connectivity index (χ0n) is 9.56. The van der Waals surface area contributed by atoms with Crippen molar-refractivity contribution in [3.8, 4) is 0 Å². The molecule has 0 aliphatic carbocycles. The molecule has 0 aromatic carbocycles. The molecule has 78 valence electrons. The van der Waals surface area contributed by atoms with Gasteiger partial charge in [-0.25, -0.2) is 0 Å². The van der Waals surface area contributed by atoms with Crippen molar-refractivity contribution in [1.82, 2.24) is 4.90 Å². The van der Waals surface area contributed by atoms with E-state index in [0.717, 1.165) is 6.54 Å². The second-order valence-corrected chi connectivity index (χ2v) is 5.70. The van der Waals surface area contributed by atoms with Gasteiger partial charge < -0.3 is 5.73 Å². The Kier molecular flexibility index (Phi) is 3.03. The zero-order valence-corrected chi connectivity index (χ0v) is 9.56. The summed E-state index contributed by atoms with van der Waals surface area (Å²) < 4.78 is 0. The van der Waals surface area contributed by atoms with Crippen molar-refractivity contribution in [2.45, 2.75) is 58.0 Å². The van der Waals surface area contributed by atoms with Gasteiger partial charge in [0.05, 0.1) is 0 Å². The summed E-state index contributed by atoms with van der Waals surface area (Å²) in [5.74, 6) is 0. The molecule has 0 aromatic heterocycles. The van der Waals surface area contributed by atoms with E-state index in [2.05, 4.69) is 32.6 Å². The van der Waals surface area contributed by atoms with Gasteiger partial charge >= 0.3 is 0 Å². The van der Waals surface area contributed by atoms with Crippen LogP contribution in [0.2, 0.25) is 0 Å². The molecule has 1 atom stereocenters. The molecule has 0 spiro atoms. The average Bonchev–Trinajstić information content (AvgIpc) is 2.08. The fraction of sp³-hybridized carbons (Fsp3) is 1.00. The fourth-order valence-electron chi connectivity index (χ4n) is 2.00. The Morgan fingerprint density at radius 1 is 1.23 bits per heavy atom. The topological polar surface area (TPSA) is 29.3 Å². The molecule has 2 N–H and O–H groups in total. The molecular formula is C11H24N2. The molecule has 13 heavy (non-hydrogen) atoms. The maximum Gasteiger partial charge on any atom is 0.0254 e. The van der Waals surface area contributed by atoms with Crippen molar-refractivity contribution in [2.24, 2.45) is 5.73 Å². The summed E-state index contributed by atoms with van der Waals surface area (Å²) in [5, 5.41) is 0. The van der Waals surface area contributed by atoms with Gasteiger partial charge in [0.2, 0.25) is 0 Å². The summed E-state index contributed by atoms with van der Waals surface area (Å²) in [7, 11) is 0. The molecule has 1 heterocycles. The van der Waals surface area contributed by atoms with E-state index in [0.29, 0.717) is 0 Å². The second-order valence-electron chi connectivity index (χ2n) is 5.70. The molecule has 2 nitrogen and oxygen atoms in total. The lowest BCUT2D eigenvalue weighted by molar-refractivity contribution is 0.118. The van der Waals surface area contributed by atoms with Crippen LogP contribution in [0.4, 0.5) is 0 Å². The van der Waals surface area contributed by atoms with E-state index in [1.165, 1.54) is 25.8 Å². The normalized spacial score (nSPS) is 33.0. The number of nitrogens with two attached hydrogens (primary N) is 1. The predicted octanol–water partition coefficient (Wildman–Crippen LogP) is 1.99. The van der Waals surface area contributed by atoms with Crippen LogP contribution in [-0.4, -0.2) is 29.1 Å². The first-order chi connectivity index (χ1) is 5.81. The minimum atomic E-state index is 0.0176. The lowest BCUT2D eigenvalue weighted by Crippen LogP contribution is -2.52. The number of rotatable bonds is 0. The van der Waals surface area contributed by atoms with Crippen LogP contribution >= 0.6 is 0 Å². The van der Waals surface area contributed by atoms with Crippen molar-refractivity contribution in [3.63, 3.8) is 0 Å². The largest absolute Gasteiger partial charge is 0.324 e. The molecule has 1 rings (SSSR count). The minimum Gasteiger partial charge on any atom is -0.324 e. The number of hydrogen-bond donors (Lipinski definition) is 1. The van der Waals surface area contributed by atoms with Gasteiger partial charge in [-0.05, 0) is 47.1 Å². The van der Waals surface area contributed by atoms with Gasteiger partial charge in [0.15, 0.2) is 0 Å². The number of hydrogen-bond acceptors (Lipinski definition) is 2. The third-order valence-corrected chi connectivity index (χ3v) is 2.93. The first-order valence-electron chi connectivity index (χ1n) is 5.35. The molecule has 2 heteroatoms. The molecule has 1 unspecified atom stereocenters. The van der Waals surface area contributed by atoms with Gasteiger partial charge in [-0.3, -0.25) is 4.90 Å². The SMILES string of the molecule is CC1(N)CCCCN(C(C)(C)C)C1. The third-order valence-electron chi connectivity index (χ3n) is 2.93. The highest BCUT2D eigenvalue weighted by Crippen LogP contribution is 2.23. The van der Waals surface area contributed by atoms with Crippen molar-refractivity contribution < 1.29 is 0 Å². The Labute approximate surface area is 82.5 Å². The molecule has 0 aromatic rings. The van der Waals surface area contributed by atoms with Gasteiger partial charge in [-0.15, -0.1) is 0 Å². The van der Waals surface area contributed by atoms with Gasteiger partial charge in [-0.2, -0.15) is 0 Å². The first-order valence-corrected chi connectivity index (χ1v) is 5.35. The van der Waals surface area contributed by atoms with Crippen LogP contribution in [0.3, 0.4) is 0 Å². The quantitative estimate of drug-likeness (QED) is 0.624. The van der Waals surface area contributed by atoms with Gasteiger partial charge in [0.25, 0.3) is 0 Å². The molecule has 0 radical (unpaired) electrons. The summed E-state index contributed by atoms with van der Waals surface area (Å²) in [4.78, 5) is 2.51. The van der Waals surface area contributed by atoms with Crippen LogP contribution in [0.5, 0.6) is 0 Å². The Bertz CT molecular complexity index is 167. The van der Waals surface area contributed by atoms with Crippen molar-refractivity contribution in [3.05, 3.63) is 0 Å². The van der Waals surface area contributed by atoms with E-state index < -0.39 is 0 Å². The van der Waals surface area contributed by atoms with Gasteiger partial charge in [0, 0.05) is 17.6 Å². The zero-order chi connectivity index (χ0) is 10.1. The molecular weight excluding hydrogens is 160 g/mol. The van der Waals surface area contributed by atoms with Crippen molar-refractivity contribution in [2.75, 3.05) is 13.1 Å². The van der Waals surface area contributed by atoms with E-state index in [4.69, 9.17) is 5.73 Å². The van der Waals surface area contributed by atoms with Gasteiger partial charge in [0.1, 0.15) is 0 Å². The van der Waals surface area contributed by atoms with Crippen LogP contribution in [0.1, 0.15) is 47.0 Å². The summed E-state index contributed by atoms with van der Waals surface area (Å²) in [6.45, 7) is 11.2. The lowest BCUT2D eigenvalue weighted by atomic mass is 9.96. The van der Waals surface area contributed by atoms with E-state index in [9.17, 15) is 0 Å². The first kappa shape index (κ1) is 11.0. The summed E-state index contributed by atoms with van der Waals surface area (Å²) in [6, 6.07) is 0. The Morgan fingerprint density at radius 3 is 2.38 bits per heavy atom. The highest BCUT2D eigenvalue weighted by atomic mass is 15.2. The maximum atomic E-state index is 6.22.